The Balaban J connectivity index is 3.09. The van der Waals surface area contributed by atoms with Crippen molar-refractivity contribution in [1.82, 2.24) is 0 Å². The van der Waals surface area contributed by atoms with Crippen molar-refractivity contribution < 1.29 is 9.53 Å². The van der Waals surface area contributed by atoms with Gasteiger partial charge >= 0.3 is 5.97 Å². The summed E-state index contributed by atoms with van der Waals surface area (Å²) < 4.78 is 4.61. The third-order valence-electron chi connectivity index (χ3n) is 2.23. The van der Waals surface area contributed by atoms with Gasteiger partial charge in [0.05, 0.1) is 13.5 Å². The van der Waals surface area contributed by atoms with Gasteiger partial charge in [0.2, 0.25) is 0 Å². The molecule has 1 aromatic rings. The molecule has 0 aliphatic heterocycles. The Morgan fingerprint density at radius 3 is 2.67 bits per heavy atom. The third-order valence-corrected chi connectivity index (χ3v) is 2.71. The van der Waals surface area contributed by atoms with Crippen LogP contribution in [0.15, 0.2) is 12.1 Å². The van der Waals surface area contributed by atoms with Gasteiger partial charge in [0.1, 0.15) is 0 Å². The van der Waals surface area contributed by atoms with E-state index < -0.39 is 0 Å². The molecule has 2 nitrogen and oxygen atoms in total. The van der Waals surface area contributed by atoms with Crippen LogP contribution in [0.1, 0.15) is 16.7 Å². The molecule has 1 rings (SSSR count). The maximum Gasteiger partial charge on any atom is 0.309 e. The zero-order valence-corrected chi connectivity index (χ0v) is 10.2. The number of benzene rings is 1. The highest BCUT2D eigenvalue weighted by atomic mass is 35.5. The van der Waals surface area contributed by atoms with Crippen molar-refractivity contribution in [3.05, 3.63) is 33.8 Å². The average Bonchev–Trinajstić information content (AvgIpc) is 2.17. The first-order valence-electron chi connectivity index (χ1n) is 4.49. The van der Waals surface area contributed by atoms with Crippen LogP contribution in [0.2, 0.25) is 5.02 Å². The van der Waals surface area contributed by atoms with Crippen molar-refractivity contribution in [2.45, 2.75) is 19.2 Å². The van der Waals surface area contributed by atoms with Crippen molar-refractivity contribution in [2.24, 2.45) is 0 Å². The summed E-state index contributed by atoms with van der Waals surface area (Å²) in [5, 5.41) is 0.611. The van der Waals surface area contributed by atoms with E-state index in [2.05, 4.69) is 4.74 Å². The van der Waals surface area contributed by atoms with Crippen LogP contribution in [0.3, 0.4) is 0 Å². The fraction of sp³-hybridized carbons (Fsp3) is 0.364. The van der Waals surface area contributed by atoms with Gasteiger partial charge in [-0.3, -0.25) is 4.79 Å². The number of hydrogen-bond acceptors (Lipinski definition) is 2. The lowest BCUT2D eigenvalue weighted by atomic mass is 10.0. The molecule has 0 atom stereocenters. The molecule has 0 heterocycles. The van der Waals surface area contributed by atoms with Gasteiger partial charge in [-0.2, -0.15) is 0 Å². The van der Waals surface area contributed by atoms with E-state index in [9.17, 15) is 4.79 Å². The second-order valence-corrected chi connectivity index (χ2v) is 3.95. The third kappa shape index (κ3) is 3.11. The summed E-state index contributed by atoms with van der Waals surface area (Å²) in [4.78, 5) is 11.2. The summed E-state index contributed by atoms with van der Waals surface area (Å²) in [5.41, 5.74) is 2.78. The molecule has 4 heteroatoms. The van der Waals surface area contributed by atoms with Gasteiger partial charge in [-0.1, -0.05) is 11.6 Å². The number of ether oxygens (including phenoxy) is 1. The molecule has 0 aromatic heterocycles. The largest absolute Gasteiger partial charge is 0.469 e. The maximum atomic E-state index is 11.2. The number of halogens is 2. The molecule has 82 valence electrons. The van der Waals surface area contributed by atoms with E-state index in [0.29, 0.717) is 10.9 Å². The molecule has 0 amide bonds. The van der Waals surface area contributed by atoms with Gasteiger partial charge in [0, 0.05) is 10.9 Å². The van der Waals surface area contributed by atoms with Gasteiger partial charge < -0.3 is 4.74 Å². The maximum absolute atomic E-state index is 11.2. The average molecular weight is 247 g/mol. The number of rotatable bonds is 3. The lowest BCUT2D eigenvalue weighted by Gasteiger charge is -2.10. The zero-order chi connectivity index (χ0) is 11.4. The Morgan fingerprint density at radius 2 is 2.13 bits per heavy atom. The second kappa shape index (κ2) is 5.38. The van der Waals surface area contributed by atoms with Crippen molar-refractivity contribution in [1.29, 1.82) is 0 Å². The molecular formula is C11H12Cl2O2. The van der Waals surface area contributed by atoms with Crippen LogP contribution in [0.4, 0.5) is 0 Å². The van der Waals surface area contributed by atoms with Crippen LogP contribution < -0.4 is 0 Å². The van der Waals surface area contributed by atoms with Crippen LogP contribution in [0, 0.1) is 6.92 Å². The Kier molecular flexibility index (Phi) is 4.43. The number of alkyl halides is 1. The number of carbonyl (C=O) groups is 1. The lowest BCUT2D eigenvalue weighted by molar-refractivity contribution is -0.139. The van der Waals surface area contributed by atoms with Crippen LogP contribution in [-0.2, 0) is 21.8 Å². The summed E-state index contributed by atoms with van der Waals surface area (Å²) >= 11 is 11.7. The number of esters is 1. The normalized spacial score (nSPS) is 10.1. The predicted octanol–water partition coefficient (Wildman–Crippen LogP) is 3.10. The van der Waals surface area contributed by atoms with E-state index in [1.54, 1.807) is 6.07 Å². The number of carbonyl (C=O) groups excluding carboxylic acids is 1. The van der Waals surface area contributed by atoms with Crippen molar-refractivity contribution in [2.75, 3.05) is 7.11 Å². The van der Waals surface area contributed by atoms with Gasteiger partial charge in [-0.05, 0) is 35.7 Å². The molecule has 0 unspecified atom stereocenters. The Bertz CT molecular complexity index is 375. The first kappa shape index (κ1) is 12.3. The number of aryl methyl sites for hydroxylation is 1. The van der Waals surface area contributed by atoms with E-state index in [1.165, 1.54) is 7.11 Å². The van der Waals surface area contributed by atoms with Crippen molar-refractivity contribution in [3.63, 3.8) is 0 Å². The summed E-state index contributed by atoms with van der Waals surface area (Å²) in [7, 11) is 1.36. The molecule has 15 heavy (non-hydrogen) atoms. The quantitative estimate of drug-likeness (QED) is 0.606. The van der Waals surface area contributed by atoms with E-state index in [-0.39, 0.29) is 12.4 Å². The van der Waals surface area contributed by atoms with Crippen molar-refractivity contribution >= 4 is 29.2 Å². The minimum absolute atomic E-state index is 0.208. The summed E-state index contributed by atoms with van der Waals surface area (Å²) in [6.45, 7) is 1.92. The molecule has 0 aliphatic rings. The van der Waals surface area contributed by atoms with E-state index in [0.717, 1.165) is 16.7 Å². The molecule has 0 saturated carbocycles. The lowest BCUT2D eigenvalue weighted by Crippen LogP contribution is -2.07. The topological polar surface area (TPSA) is 26.3 Å². The van der Waals surface area contributed by atoms with Crippen LogP contribution in [0.5, 0.6) is 0 Å². The van der Waals surface area contributed by atoms with Crippen LogP contribution >= 0.6 is 23.2 Å². The first-order chi connectivity index (χ1) is 7.08. The Morgan fingerprint density at radius 1 is 1.47 bits per heavy atom. The molecule has 0 saturated heterocycles. The van der Waals surface area contributed by atoms with Gasteiger partial charge in [0.25, 0.3) is 0 Å². The Labute approximate surface area is 99.1 Å². The number of hydrogen-bond donors (Lipinski definition) is 0. The fourth-order valence-corrected chi connectivity index (χ4v) is 2.10. The number of methoxy groups -OCH3 is 1. The highest BCUT2D eigenvalue weighted by molar-refractivity contribution is 6.30. The van der Waals surface area contributed by atoms with E-state index in [1.807, 2.05) is 13.0 Å². The molecule has 0 aliphatic carbocycles. The molecule has 0 radical (unpaired) electrons. The standard InChI is InChI=1S/C11H12Cl2O2/c1-7-3-9(13)4-8(10(7)6-12)5-11(14)15-2/h3-4H,5-6H2,1-2H3. The SMILES string of the molecule is COC(=O)Cc1cc(Cl)cc(C)c1CCl. The molecule has 1 aromatic carbocycles. The van der Waals surface area contributed by atoms with Crippen LogP contribution in [0.25, 0.3) is 0 Å². The Hall–Kier alpha value is -0.730. The molecule has 0 fully saturated rings. The highest BCUT2D eigenvalue weighted by Crippen LogP contribution is 2.23. The summed E-state index contributed by atoms with van der Waals surface area (Å²) in [5.74, 6) is 0.0815. The van der Waals surface area contributed by atoms with Crippen molar-refractivity contribution in [3.8, 4) is 0 Å². The predicted molar refractivity (Wildman–Crippen MR) is 61.5 cm³/mol. The molecular weight excluding hydrogens is 235 g/mol. The second-order valence-electron chi connectivity index (χ2n) is 3.25. The minimum atomic E-state index is -0.289. The van der Waals surface area contributed by atoms with Crippen LogP contribution in [-0.4, -0.2) is 13.1 Å². The fourth-order valence-electron chi connectivity index (χ4n) is 1.42. The minimum Gasteiger partial charge on any atom is -0.469 e. The van der Waals surface area contributed by atoms with Gasteiger partial charge in [-0.15, -0.1) is 11.6 Å². The molecule has 0 spiro atoms. The molecule has 0 bridgehead atoms. The van der Waals surface area contributed by atoms with Gasteiger partial charge in [0.15, 0.2) is 0 Å². The highest BCUT2D eigenvalue weighted by Gasteiger charge is 2.10. The van der Waals surface area contributed by atoms with Gasteiger partial charge in [-0.25, -0.2) is 0 Å². The first-order valence-corrected chi connectivity index (χ1v) is 5.40. The smallest absolute Gasteiger partial charge is 0.309 e. The summed E-state index contributed by atoms with van der Waals surface area (Å²) in [6.07, 6.45) is 0.208. The van der Waals surface area contributed by atoms with E-state index in [4.69, 9.17) is 23.2 Å². The summed E-state index contributed by atoms with van der Waals surface area (Å²) in [6, 6.07) is 3.59. The monoisotopic (exact) mass is 246 g/mol. The molecule has 0 N–H and O–H groups in total. The van der Waals surface area contributed by atoms with E-state index >= 15 is 0 Å². The zero-order valence-electron chi connectivity index (χ0n) is 8.64.